The van der Waals surface area contributed by atoms with Crippen LogP contribution in [-0.2, 0) is 11.3 Å². The molecule has 0 aliphatic heterocycles. The van der Waals surface area contributed by atoms with Crippen molar-refractivity contribution in [2.75, 3.05) is 0 Å². The van der Waals surface area contributed by atoms with E-state index in [4.69, 9.17) is 4.74 Å². The molecule has 0 aliphatic carbocycles. The maximum atomic E-state index is 14.8. The van der Waals surface area contributed by atoms with Crippen LogP contribution in [0.1, 0.15) is 46.5 Å². The van der Waals surface area contributed by atoms with Gasteiger partial charge in [-0.05, 0) is 58.9 Å². The molecule has 6 nitrogen and oxygen atoms in total. The normalized spacial score (nSPS) is 12.8. The Kier molecular flexibility index (Phi) is 5.36. The summed E-state index contributed by atoms with van der Waals surface area (Å²) in [6, 6.07) is 8.01. The molecule has 0 saturated heterocycles. The van der Waals surface area contributed by atoms with Crippen LogP contribution in [0.4, 0.5) is 9.18 Å². The number of carbonyl (C=O) groups excluding carboxylic acids is 1. The zero-order chi connectivity index (χ0) is 20.5. The van der Waals surface area contributed by atoms with Crippen molar-refractivity contribution in [2.45, 2.75) is 52.8 Å². The first-order chi connectivity index (χ1) is 13.2. The Labute approximate surface area is 163 Å². The van der Waals surface area contributed by atoms with Crippen molar-refractivity contribution in [1.29, 1.82) is 0 Å². The molecule has 1 aromatic carbocycles. The molecule has 2 heterocycles. The molecule has 1 amide bonds. The second-order valence-electron chi connectivity index (χ2n) is 7.59. The van der Waals surface area contributed by atoms with Crippen molar-refractivity contribution in [2.24, 2.45) is 0 Å². The third-order valence-corrected chi connectivity index (χ3v) is 4.25. The maximum absolute atomic E-state index is 14.8. The number of fused-ring (bicyclic) bond motifs is 1. The van der Waals surface area contributed by atoms with Crippen molar-refractivity contribution < 1.29 is 13.9 Å². The highest BCUT2D eigenvalue weighted by molar-refractivity contribution is 5.92. The lowest BCUT2D eigenvalue weighted by Gasteiger charge is -2.22. The van der Waals surface area contributed by atoms with Gasteiger partial charge in [0.1, 0.15) is 17.2 Å². The summed E-state index contributed by atoms with van der Waals surface area (Å²) in [5, 5.41) is 2.81. The maximum Gasteiger partial charge on any atom is 0.408 e. The Balaban J connectivity index is 2.07. The average molecular weight is 384 g/mol. The largest absolute Gasteiger partial charge is 0.444 e. The van der Waals surface area contributed by atoms with Crippen LogP contribution in [0.25, 0.3) is 22.3 Å². The highest BCUT2D eigenvalue weighted by Crippen LogP contribution is 2.32. The Morgan fingerprint density at radius 1 is 1.29 bits per heavy atom. The number of imidazole rings is 1. The molecule has 7 heteroatoms. The van der Waals surface area contributed by atoms with Crippen LogP contribution in [0.15, 0.2) is 36.5 Å². The number of amides is 1. The Morgan fingerprint density at radius 3 is 2.64 bits per heavy atom. The van der Waals surface area contributed by atoms with Gasteiger partial charge >= 0.3 is 6.09 Å². The van der Waals surface area contributed by atoms with Crippen LogP contribution in [0.5, 0.6) is 0 Å². The minimum atomic E-state index is -0.593. The van der Waals surface area contributed by atoms with E-state index < -0.39 is 17.7 Å². The Hall–Kier alpha value is -2.96. The number of halogens is 1. The number of aryl methyl sites for hydroxylation is 1. The molecule has 148 valence electrons. The number of hydrogen-bond acceptors (Lipinski definition) is 4. The smallest absolute Gasteiger partial charge is 0.408 e. The zero-order valence-electron chi connectivity index (χ0n) is 16.8. The summed E-state index contributed by atoms with van der Waals surface area (Å²) in [7, 11) is 0. The average Bonchev–Trinajstić information content (AvgIpc) is 2.99. The molecule has 0 aliphatic rings. The molecule has 0 saturated carbocycles. The number of hydrogen-bond donors (Lipinski definition) is 1. The van der Waals surface area contributed by atoms with Crippen molar-refractivity contribution >= 4 is 17.1 Å². The molecule has 2 aromatic heterocycles. The lowest BCUT2D eigenvalue weighted by molar-refractivity contribution is 0.0505. The van der Waals surface area contributed by atoms with Crippen molar-refractivity contribution in [3.05, 3.63) is 48.2 Å². The highest BCUT2D eigenvalue weighted by atomic mass is 19.1. The van der Waals surface area contributed by atoms with E-state index in [0.717, 1.165) is 0 Å². The van der Waals surface area contributed by atoms with Crippen molar-refractivity contribution in [1.82, 2.24) is 19.9 Å². The van der Waals surface area contributed by atoms with Gasteiger partial charge in [-0.15, -0.1) is 0 Å². The number of pyridine rings is 1. The first-order valence-electron chi connectivity index (χ1n) is 9.30. The van der Waals surface area contributed by atoms with Gasteiger partial charge in [0.15, 0.2) is 0 Å². The van der Waals surface area contributed by atoms with Crippen LogP contribution < -0.4 is 5.32 Å². The van der Waals surface area contributed by atoms with E-state index in [1.165, 1.54) is 6.07 Å². The number of carbonyl (C=O) groups is 1. The van der Waals surface area contributed by atoms with Crippen LogP contribution in [0.3, 0.4) is 0 Å². The summed E-state index contributed by atoms with van der Waals surface area (Å²) in [5.41, 5.74) is 1.66. The number of alkyl carbamates (subject to hydrolysis) is 1. The first kappa shape index (κ1) is 19.8. The fourth-order valence-electron chi connectivity index (χ4n) is 3.17. The minimum Gasteiger partial charge on any atom is -0.444 e. The number of rotatable bonds is 4. The Bertz CT molecular complexity index is 993. The Morgan fingerprint density at radius 2 is 2.04 bits per heavy atom. The van der Waals surface area contributed by atoms with Gasteiger partial charge in [0, 0.05) is 12.7 Å². The van der Waals surface area contributed by atoms with Crippen molar-refractivity contribution in [3.63, 3.8) is 0 Å². The van der Waals surface area contributed by atoms with Crippen molar-refractivity contribution in [3.8, 4) is 11.3 Å². The van der Waals surface area contributed by atoms with E-state index in [0.29, 0.717) is 34.7 Å². The molecule has 0 unspecified atom stereocenters. The van der Waals surface area contributed by atoms with E-state index in [-0.39, 0.29) is 5.82 Å². The third kappa shape index (κ3) is 3.98. The minimum absolute atomic E-state index is 0.361. The molecule has 0 bridgehead atoms. The van der Waals surface area contributed by atoms with Gasteiger partial charge in [-0.2, -0.15) is 0 Å². The van der Waals surface area contributed by atoms with Gasteiger partial charge in [0.25, 0.3) is 0 Å². The van der Waals surface area contributed by atoms with E-state index in [2.05, 4.69) is 15.3 Å². The molecule has 1 N–H and O–H groups in total. The molecule has 0 fully saturated rings. The summed E-state index contributed by atoms with van der Waals surface area (Å²) in [4.78, 5) is 21.1. The molecule has 3 rings (SSSR count). The standard InChI is InChI=1S/C21H25FN4O2/c1-6-26-18-16(11-10-14(22)17(18)15-9-7-8-12-23-15)25-19(26)13(2)24-20(27)28-21(3,4)5/h7-13H,6H2,1-5H3,(H,24,27)/t13-/m0/s1. The molecule has 0 radical (unpaired) electrons. The summed E-state index contributed by atoms with van der Waals surface area (Å²) in [5.74, 6) is 0.270. The number of nitrogens with zero attached hydrogens (tertiary/aromatic N) is 3. The fraction of sp³-hybridized carbons (Fsp3) is 0.381. The molecule has 1 atom stereocenters. The summed E-state index contributed by atoms with van der Waals surface area (Å²) in [6.45, 7) is 9.77. The number of benzene rings is 1. The van der Waals surface area contributed by atoms with Crippen LogP contribution in [0.2, 0.25) is 0 Å². The molecule has 0 spiro atoms. The quantitative estimate of drug-likeness (QED) is 0.699. The fourth-order valence-corrected chi connectivity index (χ4v) is 3.17. The topological polar surface area (TPSA) is 69.0 Å². The van der Waals surface area contributed by atoms with Crippen LogP contribution >= 0.6 is 0 Å². The molecular weight excluding hydrogens is 359 g/mol. The van der Waals surface area contributed by atoms with Gasteiger partial charge in [0.05, 0.1) is 28.3 Å². The lowest BCUT2D eigenvalue weighted by Crippen LogP contribution is -2.34. The number of aromatic nitrogens is 3. The third-order valence-electron chi connectivity index (χ3n) is 4.25. The second kappa shape index (κ2) is 7.58. The van der Waals surface area contributed by atoms with E-state index in [9.17, 15) is 9.18 Å². The van der Waals surface area contributed by atoms with E-state index >= 15 is 0 Å². The van der Waals surface area contributed by atoms with Gasteiger partial charge in [-0.3, -0.25) is 4.98 Å². The number of nitrogens with one attached hydrogen (secondary N) is 1. The van der Waals surface area contributed by atoms with Gasteiger partial charge in [0.2, 0.25) is 0 Å². The van der Waals surface area contributed by atoms with Crippen LogP contribution in [0, 0.1) is 5.82 Å². The second-order valence-corrected chi connectivity index (χ2v) is 7.59. The first-order valence-corrected chi connectivity index (χ1v) is 9.30. The van der Waals surface area contributed by atoms with E-state index in [1.807, 2.05) is 24.5 Å². The SMILES string of the molecule is CCn1c([C@H](C)NC(=O)OC(C)(C)C)nc2ccc(F)c(-c3ccccn3)c21. The monoisotopic (exact) mass is 384 g/mol. The lowest BCUT2D eigenvalue weighted by atomic mass is 10.1. The summed E-state index contributed by atoms with van der Waals surface area (Å²) < 4.78 is 22.0. The molecular formula is C21H25FN4O2. The molecule has 3 aromatic rings. The van der Waals surface area contributed by atoms with Crippen LogP contribution in [-0.4, -0.2) is 26.2 Å². The predicted molar refractivity (Wildman–Crippen MR) is 106 cm³/mol. The summed E-state index contributed by atoms with van der Waals surface area (Å²) >= 11 is 0. The van der Waals surface area contributed by atoms with Gasteiger partial charge in [-0.1, -0.05) is 6.07 Å². The highest BCUT2D eigenvalue weighted by Gasteiger charge is 2.24. The molecule has 28 heavy (non-hydrogen) atoms. The summed E-state index contributed by atoms with van der Waals surface area (Å²) in [6.07, 6.45) is 1.11. The predicted octanol–water partition coefficient (Wildman–Crippen LogP) is 4.84. The van der Waals surface area contributed by atoms with Gasteiger partial charge < -0.3 is 14.6 Å². The number of ether oxygens (including phenoxy) is 1. The van der Waals surface area contributed by atoms with Gasteiger partial charge in [-0.25, -0.2) is 14.2 Å². The van der Waals surface area contributed by atoms with E-state index in [1.54, 1.807) is 45.2 Å². The zero-order valence-corrected chi connectivity index (χ0v) is 16.8.